The molecule has 4 rings (SSSR count). The van der Waals surface area contributed by atoms with Gasteiger partial charge in [-0.1, -0.05) is 17.7 Å². The van der Waals surface area contributed by atoms with E-state index < -0.39 is 12.1 Å². The number of β-amino-alcohol motifs (C(OH)–C–C–N with tert-alkyl or cyclic N) is 1. The van der Waals surface area contributed by atoms with Gasteiger partial charge in [0.05, 0.1) is 6.54 Å². The molecule has 30 heavy (non-hydrogen) atoms. The number of amides is 3. The number of pyridine rings is 1. The molecule has 0 radical (unpaired) electrons. The molecule has 1 aromatic heterocycles. The van der Waals surface area contributed by atoms with Gasteiger partial charge in [-0.05, 0) is 56.0 Å². The Hall–Kier alpha value is -2.84. The van der Waals surface area contributed by atoms with Crippen molar-refractivity contribution in [1.29, 1.82) is 0 Å². The third-order valence-electron chi connectivity index (χ3n) is 5.59. The first kappa shape index (κ1) is 20.4. The molecular formula is C21H23ClN4O4. The van der Waals surface area contributed by atoms with E-state index in [4.69, 9.17) is 22.1 Å². The zero-order valence-corrected chi connectivity index (χ0v) is 17.0. The van der Waals surface area contributed by atoms with Gasteiger partial charge in [-0.2, -0.15) is 0 Å². The number of benzene rings is 1. The second-order valence-electron chi connectivity index (χ2n) is 7.53. The average Bonchev–Trinajstić information content (AvgIpc) is 3.03. The standard InChI is InChI=1S/C21H23ClN4O4/c22-13-3-1-4-15(11-13)25-12-18(27)26(21(25)29)14-6-8-16(9-7-14)30-20-17(19(23)28)5-2-10-24-20/h1-5,10-11,14,16,18,27H,6-9,12H2,(H2,23,28). The second kappa shape index (κ2) is 8.49. The molecule has 2 heterocycles. The van der Waals surface area contributed by atoms with Crippen molar-refractivity contribution in [3.05, 3.63) is 53.2 Å². The van der Waals surface area contributed by atoms with E-state index in [0.717, 1.165) is 0 Å². The fraction of sp³-hybridized carbons (Fsp3) is 0.381. The van der Waals surface area contributed by atoms with Gasteiger partial charge in [0.25, 0.3) is 5.91 Å². The Morgan fingerprint density at radius 1 is 1.20 bits per heavy atom. The van der Waals surface area contributed by atoms with Crippen LogP contribution in [0.2, 0.25) is 5.02 Å². The number of aliphatic hydroxyl groups excluding tert-OH is 1. The molecule has 1 aliphatic carbocycles. The van der Waals surface area contributed by atoms with Crippen molar-refractivity contribution in [3.8, 4) is 5.88 Å². The molecule has 0 spiro atoms. The van der Waals surface area contributed by atoms with Crippen LogP contribution in [0.3, 0.4) is 0 Å². The molecule has 1 saturated heterocycles. The number of nitrogens with zero attached hydrogens (tertiary/aromatic N) is 3. The summed E-state index contributed by atoms with van der Waals surface area (Å²) in [6.07, 6.45) is 3.24. The number of aliphatic hydroxyl groups is 1. The lowest BCUT2D eigenvalue weighted by Crippen LogP contribution is -2.46. The predicted octanol–water partition coefficient (Wildman–Crippen LogP) is 2.78. The monoisotopic (exact) mass is 430 g/mol. The zero-order chi connectivity index (χ0) is 21.3. The Morgan fingerprint density at radius 2 is 1.97 bits per heavy atom. The highest BCUT2D eigenvalue weighted by atomic mass is 35.5. The van der Waals surface area contributed by atoms with Crippen LogP contribution in [0.15, 0.2) is 42.6 Å². The van der Waals surface area contributed by atoms with Crippen molar-refractivity contribution in [1.82, 2.24) is 9.88 Å². The van der Waals surface area contributed by atoms with Crippen molar-refractivity contribution < 1.29 is 19.4 Å². The number of hydrogen-bond donors (Lipinski definition) is 2. The van der Waals surface area contributed by atoms with Crippen molar-refractivity contribution in [2.45, 2.75) is 44.1 Å². The first-order chi connectivity index (χ1) is 14.4. The molecule has 0 bridgehead atoms. The van der Waals surface area contributed by atoms with E-state index in [0.29, 0.717) is 36.4 Å². The predicted molar refractivity (Wildman–Crippen MR) is 111 cm³/mol. The molecule has 2 aliphatic rings. The smallest absolute Gasteiger partial charge is 0.327 e. The normalized spacial score (nSPS) is 24.2. The number of nitrogens with two attached hydrogens (primary N) is 1. The molecule has 2 fully saturated rings. The summed E-state index contributed by atoms with van der Waals surface area (Å²) in [5, 5.41) is 11.1. The highest BCUT2D eigenvalue weighted by Crippen LogP contribution is 2.33. The highest BCUT2D eigenvalue weighted by molar-refractivity contribution is 6.30. The minimum Gasteiger partial charge on any atom is -0.474 e. The van der Waals surface area contributed by atoms with Gasteiger partial charge in [0.2, 0.25) is 5.88 Å². The van der Waals surface area contributed by atoms with Gasteiger partial charge in [0, 0.05) is 22.9 Å². The van der Waals surface area contributed by atoms with Gasteiger partial charge in [-0.3, -0.25) is 14.6 Å². The number of carbonyl (C=O) groups excluding carboxylic acids is 2. The van der Waals surface area contributed by atoms with Crippen LogP contribution in [0.25, 0.3) is 0 Å². The number of hydrogen-bond acceptors (Lipinski definition) is 5. The minimum atomic E-state index is -0.879. The van der Waals surface area contributed by atoms with Gasteiger partial charge in [0.15, 0.2) is 0 Å². The summed E-state index contributed by atoms with van der Waals surface area (Å²) in [6.45, 7) is 0.200. The molecule has 1 saturated carbocycles. The summed E-state index contributed by atoms with van der Waals surface area (Å²) < 4.78 is 5.91. The van der Waals surface area contributed by atoms with Crippen LogP contribution in [-0.4, -0.2) is 51.8 Å². The van der Waals surface area contributed by atoms with E-state index in [1.807, 2.05) is 0 Å². The van der Waals surface area contributed by atoms with Gasteiger partial charge in [-0.25, -0.2) is 9.78 Å². The van der Waals surface area contributed by atoms with Crippen molar-refractivity contribution in [2.75, 3.05) is 11.4 Å². The first-order valence-electron chi connectivity index (χ1n) is 9.89. The second-order valence-corrected chi connectivity index (χ2v) is 7.97. The highest BCUT2D eigenvalue weighted by Gasteiger charge is 2.42. The first-order valence-corrected chi connectivity index (χ1v) is 10.3. The summed E-state index contributed by atoms with van der Waals surface area (Å²) in [5.74, 6) is -0.350. The van der Waals surface area contributed by atoms with Gasteiger partial charge >= 0.3 is 6.03 Å². The molecular weight excluding hydrogens is 408 g/mol. The van der Waals surface area contributed by atoms with Crippen LogP contribution in [0.4, 0.5) is 10.5 Å². The number of carbonyl (C=O) groups is 2. The fourth-order valence-corrected chi connectivity index (χ4v) is 4.31. The Bertz CT molecular complexity index is 948. The minimum absolute atomic E-state index is 0.0872. The largest absolute Gasteiger partial charge is 0.474 e. The van der Waals surface area contributed by atoms with Crippen LogP contribution in [0.1, 0.15) is 36.0 Å². The number of aromatic nitrogens is 1. The van der Waals surface area contributed by atoms with Crippen LogP contribution in [-0.2, 0) is 0 Å². The number of anilines is 1. The SMILES string of the molecule is NC(=O)c1cccnc1OC1CCC(N2C(=O)N(c3cccc(Cl)c3)CC2O)CC1. The third-order valence-corrected chi connectivity index (χ3v) is 5.83. The molecule has 1 unspecified atom stereocenters. The van der Waals surface area contributed by atoms with Crippen LogP contribution in [0, 0.1) is 0 Å². The van der Waals surface area contributed by atoms with Crippen molar-refractivity contribution in [2.24, 2.45) is 5.73 Å². The maximum atomic E-state index is 13.0. The zero-order valence-electron chi connectivity index (χ0n) is 16.3. The lowest BCUT2D eigenvalue weighted by molar-refractivity contribution is 0.0138. The topological polar surface area (TPSA) is 109 Å². The summed E-state index contributed by atoms with van der Waals surface area (Å²) in [6, 6.07) is 9.94. The van der Waals surface area contributed by atoms with E-state index in [-0.39, 0.29) is 36.2 Å². The Balaban J connectivity index is 1.39. The fourth-order valence-electron chi connectivity index (χ4n) is 4.13. The molecule has 158 valence electrons. The molecule has 1 atom stereocenters. The number of halogens is 1. The Labute approximate surface area is 179 Å². The van der Waals surface area contributed by atoms with E-state index in [1.165, 1.54) is 0 Å². The number of primary amides is 1. The Morgan fingerprint density at radius 3 is 2.67 bits per heavy atom. The summed E-state index contributed by atoms with van der Waals surface area (Å²) in [7, 11) is 0. The summed E-state index contributed by atoms with van der Waals surface area (Å²) in [5.41, 5.74) is 6.30. The maximum absolute atomic E-state index is 13.0. The van der Waals surface area contributed by atoms with Crippen LogP contribution in [0.5, 0.6) is 5.88 Å². The quantitative estimate of drug-likeness (QED) is 0.758. The van der Waals surface area contributed by atoms with E-state index >= 15 is 0 Å². The lowest BCUT2D eigenvalue weighted by atomic mass is 9.92. The summed E-state index contributed by atoms with van der Waals surface area (Å²) in [4.78, 5) is 31.7. The van der Waals surface area contributed by atoms with Crippen molar-refractivity contribution in [3.63, 3.8) is 0 Å². The maximum Gasteiger partial charge on any atom is 0.327 e. The van der Waals surface area contributed by atoms with Crippen LogP contribution < -0.4 is 15.4 Å². The van der Waals surface area contributed by atoms with Crippen LogP contribution >= 0.6 is 11.6 Å². The molecule has 3 amide bonds. The van der Waals surface area contributed by atoms with E-state index in [9.17, 15) is 14.7 Å². The van der Waals surface area contributed by atoms with Gasteiger partial charge in [0.1, 0.15) is 17.9 Å². The van der Waals surface area contributed by atoms with E-state index in [2.05, 4.69) is 4.98 Å². The molecule has 3 N–H and O–H groups in total. The molecule has 1 aromatic carbocycles. The molecule has 9 heteroatoms. The van der Waals surface area contributed by atoms with Gasteiger partial charge in [-0.15, -0.1) is 0 Å². The number of urea groups is 1. The summed E-state index contributed by atoms with van der Waals surface area (Å²) >= 11 is 6.04. The third kappa shape index (κ3) is 4.06. The lowest BCUT2D eigenvalue weighted by Gasteiger charge is -2.35. The molecule has 2 aromatic rings. The average molecular weight is 431 g/mol. The number of ether oxygens (including phenoxy) is 1. The molecule has 1 aliphatic heterocycles. The van der Waals surface area contributed by atoms with Gasteiger partial charge < -0.3 is 15.6 Å². The molecule has 8 nitrogen and oxygen atoms in total. The van der Waals surface area contributed by atoms with Crippen molar-refractivity contribution >= 4 is 29.2 Å². The Kier molecular flexibility index (Phi) is 5.78. The van der Waals surface area contributed by atoms with E-state index in [1.54, 1.807) is 52.4 Å². The number of rotatable bonds is 5.